The molecule has 0 aliphatic carbocycles. The summed E-state index contributed by atoms with van der Waals surface area (Å²) in [4.78, 5) is 25.0. The van der Waals surface area contributed by atoms with Gasteiger partial charge in [-0.15, -0.1) is 0 Å². The minimum absolute atomic E-state index is 0. The zero-order valence-corrected chi connectivity index (χ0v) is 23.9. The fraction of sp³-hybridized carbons (Fsp3) is 0.556. The van der Waals surface area contributed by atoms with Crippen LogP contribution in [0.5, 0.6) is 6.01 Å². The number of nitrogens with zero attached hydrogens (tertiary/aromatic N) is 6. The topological polar surface area (TPSA) is 94.8 Å². The van der Waals surface area contributed by atoms with Gasteiger partial charge < -0.3 is 19.1 Å². The van der Waals surface area contributed by atoms with Gasteiger partial charge in [-0.1, -0.05) is 0 Å². The third-order valence-electron chi connectivity index (χ3n) is 7.38. The molecule has 0 radical (unpaired) electrons. The molecule has 1 aromatic carbocycles. The lowest BCUT2D eigenvalue weighted by Gasteiger charge is -2.35. The van der Waals surface area contributed by atoms with Gasteiger partial charge in [0.2, 0.25) is 0 Å². The minimum Gasteiger partial charge on any atom is -0.467 e. The molecule has 2 aliphatic heterocycles. The second kappa shape index (κ2) is 12.5. The number of benzene rings is 1. The number of alkyl halides is 1. The van der Waals surface area contributed by atoms with Crippen LogP contribution in [0.2, 0.25) is 0 Å². The second-order valence-electron chi connectivity index (χ2n) is 9.96. The Labute approximate surface area is 234 Å². The number of ether oxygens (including phenoxy) is 3. The summed E-state index contributed by atoms with van der Waals surface area (Å²) in [6.45, 7) is 9.12. The van der Waals surface area contributed by atoms with Gasteiger partial charge in [0.15, 0.2) is 5.82 Å². The van der Waals surface area contributed by atoms with E-state index in [1.54, 1.807) is 24.9 Å². The Morgan fingerprint density at radius 3 is 2.72 bits per heavy atom. The summed E-state index contributed by atoms with van der Waals surface area (Å²) >= 11 is 0. The van der Waals surface area contributed by atoms with Gasteiger partial charge in [0, 0.05) is 30.5 Å². The molecule has 0 amide bonds. The molecule has 2 aromatic heterocycles. The maximum absolute atomic E-state index is 15.5. The SMILES string of the molecule is CCOC(=O)CN1CCC(c2cc3c(cnn3-c3cc(N4CCOC[C@@H]4C)nc(OC)n3)cc2C)C(F)C1.S. The van der Waals surface area contributed by atoms with E-state index in [0.29, 0.717) is 38.6 Å². The van der Waals surface area contributed by atoms with Crippen LogP contribution >= 0.6 is 13.5 Å². The van der Waals surface area contributed by atoms with Crippen molar-refractivity contribution in [2.24, 2.45) is 0 Å². The van der Waals surface area contributed by atoms with Crippen LogP contribution in [0.25, 0.3) is 16.7 Å². The molecule has 2 unspecified atom stereocenters. The number of carbonyl (C=O) groups is 1. The molecule has 2 fully saturated rings. The monoisotopic (exact) mass is 560 g/mol. The number of esters is 1. The number of methoxy groups -OCH3 is 1. The van der Waals surface area contributed by atoms with Gasteiger partial charge in [-0.3, -0.25) is 9.69 Å². The summed E-state index contributed by atoms with van der Waals surface area (Å²) in [7, 11) is 1.55. The molecule has 3 atom stereocenters. The highest BCUT2D eigenvalue weighted by atomic mass is 32.1. The van der Waals surface area contributed by atoms with Crippen molar-refractivity contribution in [1.82, 2.24) is 24.6 Å². The minimum atomic E-state index is -1.10. The molecular formula is C27H37FN6O4S. The summed E-state index contributed by atoms with van der Waals surface area (Å²) in [6, 6.07) is 6.40. The van der Waals surface area contributed by atoms with Crippen LogP contribution in [0, 0.1) is 6.92 Å². The Kier molecular flexibility index (Phi) is 9.29. The lowest BCUT2D eigenvalue weighted by molar-refractivity contribution is -0.145. The van der Waals surface area contributed by atoms with E-state index < -0.39 is 6.17 Å². The van der Waals surface area contributed by atoms with Crippen LogP contribution < -0.4 is 9.64 Å². The van der Waals surface area contributed by atoms with Crippen molar-refractivity contribution < 1.29 is 23.4 Å². The van der Waals surface area contributed by atoms with E-state index in [9.17, 15) is 4.79 Å². The van der Waals surface area contributed by atoms with Crippen LogP contribution in [0.3, 0.4) is 0 Å². The predicted molar refractivity (Wildman–Crippen MR) is 151 cm³/mol. The van der Waals surface area contributed by atoms with E-state index in [1.807, 2.05) is 24.0 Å². The Balaban J connectivity index is 0.00000353. The average Bonchev–Trinajstić information content (AvgIpc) is 3.31. The van der Waals surface area contributed by atoms with Crippen molar-refractivity contribution in [3.63, 3.8) is 0 Å². The number of halogens is 1. The molecule has 0 bridgehead atoms. The normalized spacial score (nSPS) is 22.0. The molecule has 0 N–H and O–H groups in total. The van der Waals surface area contributed by atoms with Crippen molar-refractivity contribution in [2.45, 2.75) is 45.3 Å². The molecule has 2 saturated heterocycles. The van der Waals surface area contributed by atoms with Crippen molar-refractivity contribution in [1.29, 1.82) is 0 Å². The van der Waals surface area contributed by atoms with E-state index in [1.165, 1.54) is 0 Å². The predicted octanol–water partition coefficient (Wildman–Crippen LogP) is 3.16. The number of hydrogen-bond acceptors (Lipinski definition) is 9. The van der Waals surface area contributed by atoms with Gasteiger partial charge in [0.25, 0.3) is 0 Å². The molecule has 0 saturated carbocycles. The number of carbonyl (C=O) groups excluding carboxylic acids is 1. The number of fused-ring (bicyclic) bond motifs is 1. The average molecular weight is 561 g/mol. The molecule has 212 valence electrons. The van der Waals surface area contributed by atoms with E-state index >= 15 is 4.39 Å². The largest absolute Gasteiger partial charge is 0.467 e. The highest BCUT2D eigenvalue weighted by Crippen LogP contribution is 2.35. The molecular weight excluding hydrogens is 523 g/mol. The molecule has 12 heteroatoms. The standard InChI is InChI=1S/C27H35FN6O4.H2S/c1-5-38-26(35)15-32-7-6-20(22(28)14-32)21-11-23-19(10-17(21)2)13-29-34(23)25-12-24(30-27(31-25)36-4)33-8-9-37-16-18(33)3;/h10-13,18,20,22H,5-9,14-16H2,1-4H3;1H2/t18-,20?,22?;/m0./s1. The number of likely N-dealkylation sites (tertiary alicyclic amines) is 1. The van der Waals surface area contributed by atoms with Crippen molar-refractivity contribution in [3.05, 3.63) is 35.5 Å². The third-order valence-corrected chi connectivity index (χ3v) is 7.38. The molecule has 2 aliphatic rings. The smallest absolute Gasteiger partial charge is 0.320 e. The number of piperidine rings is 1. The number of morpholine rings is 1. The lowest BCUT2D eigenvalue weighted by atomic mass is 9.85. The molecule has 3 aromatic rings. The fourth-order valence-corrected chi connectivity index (χ4v) is 5.45. The Bertz CT molecular complexity index is 1310. The van der Waals surface area contributed by atoms with Crippen LogP contribution in [-0.2, 0) is 14.3 Å². The Morgan fingerprint density at radius 1 is 1.21 bits per heavy atom. The van der Waals surface area contributed by atoms with Gasteiger partial charge >= 0.3 is 12.0 Å². The molecule has 4 heterocycles. The second-order valence-corrected chi connectivity index (χ2v) is 9.96. The first kappa shape index (κ1) is 29.0. The van der Waals surface area contributed by atoms with Gasteiger partial charge in [-0.05, 0) is 57.0 Å². The maximum Gasteiger partial charge on any atom is 0.320 e. The molecule has 0 spiro atoms. The zero-order chi connectivity index (χ0) is 26.8. The first-order chi connectivity index (χ1) is 18.4. The van der Waals surface area contributed by atoms with E-state index in [4.69, 9.17) is 14.2 Å². The maximum atomic E-state index is 15.5. The van der Waals surface area contributed by atoms with Gasteiger partial charge in [-0.2, -0.15) is 28.6 Å². The van der Waals surface area contributed by atoms with E-state index in [2.05, 4.69) is 33.0 Å². The van der Waals surface area contributed by atoms with E-state index in [-0.39, 0.29) is 50.5 Å². The number of aryl methyl sites for hydroxylation is 1. The summed E-state index contributed by atoms with van der Waals surface area (Å²) in [5.41, 5.74) is 2.81. The molecule has 10 nitrogen and oxygen atoms in total. The number of rotatable bonds is 7. The molecule has 5 rings (SSSR count). The van der Waals surface area contributed by atoms with Crippen LogP contribution in [0.1, 0.15) is 37.3 Å². The summed E-state index contributed by atoms with van der Waals surface area (Å²) < 4.78 is 33.3. The van der Waals surface area contributed by atoms with Gasteiger partial charge in [0.1, 0.15) is 12.0 Å². The summed E-state index contributed by atoms with van der Waals surface area (Å²) in [6.07, 6.45) is 1.31. The number of hydrogen-bond donors (Lipinski definition) is 0. The Morgan fingerprint density at radius 2 is 2.00 bits per heavy atom. The highest BCUT2D eigenvalue weighted by Gasteiger charge is 2.33. The lowest BCUT2D eigenvalue weighted by Crippen LogP contribution is -2.44. The zero-order valence-electron chi connectivity index (χ0n) is 22.9. The van der Waals surface area contributed by atoms with Crippen molar-refractivity contribution in [2.75, 3.05) is 58.0 Å². The number of aromatic nitrogens is 4. The Hall–Kier alpha value is -2.96. The third kappa shape index (κ3) is 6.12. The fourth-order valence-electron chi connectivity index (χ4n) is 5.45. The van der Waals surface area contributed by atoms with Crippen molar-refractivity contribution in [3.8, 4) is 11.8 Å². The summed E-state index contributed by atoms with van der Waals surface area (Å²) in [5.74, 6) is 0.740. The van der Waals surface area contributed by atoms with Crippen LogP contribution in [-0.4, -0.2) is 95.9 Å². The quantitative estimate of drug-likeness (QED) is 0.404. The summed E-state index contributed by atoms with van der Waals surface area (Å²) in [5, 5.41) is 5.57. The van der Waals surface area contributed by atoms with E-state index in [0.717, 1.165) is 34.4 Å². The van der Waals surface area contributed by atoms with Crippen LogP contribution in [0.4, 0.5) is 10.2 Å². The van der Waals surface area contributed by atoms with Gasteiger partial charge in [0.05, 0.1) is 51.2 Å². The first-order valence-electron chi connectivity index (χ1n) is 13.2. The van der Waals surface area contributed by atoms with Crippen molar-refractivity contribution >= 4 is 36.2 Å². The first-order valence-corrected chi connectivity index (χ1v) is 13.2. The number of anilines is 1. The van der Waals surface area contributed by atoms with Crippen LogP contribution in [0.15, 0.2) is 24.4 Å². The van der Waals surface area contributed by atoms with Gasteiger partial charge in [-0.25, -0.2) is 9.07 Å². The molecule has 39 heavy (non-hydrogen) atoms. The highest BCUT2D eigenvalue weighted by molar-refractivity contribution is 7.59.